The van der Waals surface area contributed by atoms with Crippen molar-refractivity contribution >= 4 is 12.1 Å². The molecule has 1 N–H and O–H groups in total. The highest BCUT2D eigenvalue weighted by atomic mass is 16.6. The molecule has 0 aromatic heterocycles. The number of esters is 1. The Labute approximate surface area is 328 Å². The maximum absolute atomic E-state index is 11.9. The minimum absolute atomic E-state index is 0.134. The molecule has 0 heterocycles. The molecule has 0 atom stereocenters. The highest BCUT2D eigenvalue weighted by Crippen LogP contribution is 2.14. The van der Waals surface area contributed by atoms with Crippen molar-refractivity contribution in [2.24, 2.45) is 0 Å². The largest absolute Gasteiger partial charge is 0.463 e. The standard InChI is InChI=1S/C41H81NO12/c1-5-6-7-8-9-10-11-12-13-14-15-16-17-18-19-20-39(43)53-38-37-52-36-35-51-34-33-50-32-31-49-30-29-48-28-27-47-26-25-46-24-23-45-22-21-42-40(44)54-41(2,3)4/h5-38H2,1-4H3,(H,42,44). The molecule has 0 spiro atoms. The predicted octanol–water partition coefficient (Wildman–Crippen LogP) is 7.45. The molecular weight excluding hydrogens is 698 g/mol. The van der Waals surface area contributed by atoms with Crippen LogP contribution in [0.3, 0.4) is 0 Å². The van der Waals surface area contributed by atoms with E-state index in [-0.39, 0.29) is 12.6 Å². The summed E-state index contributed by atoms with van der Waals surface area (Å²) >= 11 is 0. The van der Waals surface area contributed by atoms with E-state index in [4.69, 9.17) is 47.4 Å². The van der Waals surface area contributed by atoms with E-state index in [9.17, 15) is 9.59 Å². The summed E-state index contributed by atoms with van der Waals surface area (Å²) in [5.41, 5.74) is -0.513. The van der Waals surface area contributed by atoms with Crippen LogP contribution in [0.25, 0.3) is 0 Å². The first kappa shape index (κ1) is 52.4. The summed E-state index contributed by atoms with van der Waals surface area (Å²) in [7, 11) is 0. The van der Waals surface area contributed by atoms with Crippen LogP contribution < -0.4 is 5.32 Å². The van der Waals surface area contributed by atoms with Crippen LogP contribution in [0.4, 0.5) is 4.79 Å². The molecule has 0 aromatic rings. The van der Waals surface area contributed by atoms with Gasteiger partial charge < -0.3 is 52.7 Å². The summed E-state index contributed by atoms with van der Waals surface area (Å²) in [6.45, 7) is 15.8. The second kappa shape index (κ2) is 42.6. The molecule has 13 nitrogen and oxygen atoms in total. The second-order valence-corrected chi connectivity index (χ2v) is 14.2. The van der Waals surface area contributed by atoms with E-state index in [1.54, 1.807) is 0 Å². The van der Waals surface area contributed by atoms with Crippen LogP contribution in [0.15, 0.2) is 0 Å². The minimum Gasteiger partial charge on any atom is -0.463 e. The number of carbonyl (C=O) groups is 2. The van der Waals surface area contributed by atoms with Crippen LogP contribution >= 0.6 is 0 Å². The van der Waals surface area contributed by atoms with Gasteiger partial charge in [0.1, 0.15) is 12.2 Å². The lowest BCUT2D eigenvalue weighted by Crippen LogP contribution is -2.34. The van der Waals surface area contributed by atoms with Gasteiger partial charge in [-0.2, -0.15) is 0 Å². The van der Waals surface area contributed by atoms with Crippen molar-refractivity contribution in [3.8, 4) is 0 Å². The van der Waals surface area contributed by atoms with E-state index in [0.717, 1.165) is 12.8 Å². The SMILES string of the molecule is CCCCCCCCCCCCCCCCCC(=O)OCCOCCOCCOCCOCCOCCOCCOCCOCCNC(=O)OC(C)(C)C. The Bertz CT molecular complexity index is 784. The van der Waals surface area contributed by atoms with Crippen LogP contribution in [0.2, 0.25) is 0 Å². The first-order valence-corrected chi connectivity index (χ1v) is 21.1. The molecule has 0 aromatic carbocycles. The van der Waals surface area contributed by atoms with Gasteiger partial charge in [0.05, 0.1) is 106 Å². The normalized spacial score (nSPS) is 11.6. The van der Waals surface area contributed by atoms with Gasteiger partial charge in [0.25, 0.3) is 0 Å². The van der Waals surface area contributed by atoms with Gasteiger partial charge >= 0.3 is 12.1 Å². The lowest BCUT2D eigenvalue weighted by molar-refractivity contribution is -0.145. The summed E-state index contributed by atoms with van der Waals surface area (Å²) in [5.74, 6) is -0.134. The number of unbranched alkanes of at least 4 members (excludes halogenated alkanes) is 14. The molecule has 0 aliphatic rings. The number of ether oxygens (including phenoxy) is 10. The van der Waals surface area contributed by atoms with Gasteiger partial charge in [0, 0.05) is 13.0 Å². The Morgan fingerprint density at radius 1 is 0.407 bits per heavy atom. The Kier molecular flexibility index (Phi) is 41.3. The van der Waals surface area contributed by atoms with Crippen molar-refractivity contribution in [1.82, 2.24) is 5.32 Å². The first-order chi connectivity index (χ1) is 26.3. The van der Waals surface area contributed by atoms with Crippen LogP contribution in [0, 0.1) is 0 Å². The number of alkyl carbamates (subject to hydrolysis) is 1. The summed E-state index contributed by atoms with van der Waals surface area (Å²) in [4.78, 5) is 23.4. The van der Waals surface area contributed by atoms with Gasteiger partial charge in [-0.05, 0) is 27.2 Å². The first-order valence-electron chi connectivity index (χ1n) is 21.1. The number of nitrogens with one attached hydrogen (secondary N) is 1. The molecule has 0 saturated carbocycles. The average molecular weight is 780 g/mol. The number of rotatable bonds is 43. The van der Waals surface area contributed by atoms with Crippen molar-refractivity contribution in [3.05, 3.63) is 0 Å². The molecule has 0 radical (unpaired) electrons. The third kappa shape index (κ3) is 46.6. The zero-order valence-corrected chi connectivity index (χ0v) is 34.9. The monoisotopic (exact) mass is 780 g/mol. The average Bonchev–Trinajstić information content (AvgIpc) is 3.13. The molecule has 322 valence electrons. The summed E-state index contributed by atoms with van der Waals surface area (Å²) in [6.07, 6.45) is 19.7. The lowest BCUT2D eigenvalue weighted by Gasteiger charge is -2.19. The van der Waals surface area contributed by atoms with Gasteiger partial charge in [-0.3, -0.25) is 4.79 Å². The zero-order valence-electron chi connectivity index (χ0n) is 34.9. The Balaban J connectivity index is 3.17. The van der Waals surface area contributed by atoms with Gasteiger partial charge in [-0.1, -0.05) is 96.8 Å². The minimum atomic E-state index is -0.513. The second-order valence-electron chi connectivity index (χ2n) is 14.2. The fourth-order valence-electron chi connectivity index (χ4n) is 5.11. The highest BCUT2D eigenvalue weighted by molar-refractivity contribution is 5.69. The molecule has 0 rings (SSSR count). The van der Waals surface area contributed by atoms with Crippen molar-refractivity contribution < 1.29 is 57.0 Å². The number of hydrogen-bond acceptors (Lipinski definition) is 12. The Morgan fingerprint density at radius 2 is 0.704 bits per heavy atom. The van der Waals surface area contributed by atoms with Crippen molar-refractivity contribution in [2.45, 2.75) is 136 Å². The van der Waals surface area contributed by atoms with E-state index >= 15 is 0 Å². The van der Waals surface area contributed by atoms with Crippen molar-refractivity contribution in [1.29, 1.82) is 0 Å². The lowest BCUT2D eigenvalue weighted by atomic mass is 10.0. The zero-order chi connectivity index (χ0) is 39.5. The fraction of sp³-hybridized carbons (Fsp3) is 0.951. The molecule has 0 saturated heterocycles. The number of carbonyl (C=O) groups excluding carboxylic acids is 2. The molecule has 0 aliphatic heterocycles. The Morgan fingerprint density at radius 3 is 1.04 bits per heavy atom. The molecule has 1 amide bonds. The summed E-state index contributed by atoms with van der Waals surface area (Å²) < 4.78 is 54.1. The van der Waals surface area contributed by atoms with Gasteiger partial charge in [-0.25, -0.2) is 4.79 Å². The van der Waals surface area contributed by atoms with Gasteiger partial charge in [0.15, 0.2) is 0 Å². The maximum atomic E-state index is 11.9. The van der Waals surface area contributed by atoms with E-state index in [0.29, 0.717) is 119 Å². The molecule has 0 bridgehead atoms. The predicted molar refractivity (Wildman–Crippen MR) is 211 cm³/mol. The molecule has 0 aliphatic carbocycles. The third-order valence-electron chi connectivity index (χ3n) is 7.99. The Hall–Kier alpha value is -1.58. The smallest absolute Gasteiger partial charge is 0.407 e. The quantitative estimate of drug-likeness (QED) is 0.0486. The van der Waals surface area contributed by atoms with Gasteiger partial charge in [-0.15, -0.1) is 0 Å². The van der Waals surface area contributed by atoms with Crippen molar-refractivity contribution in [2.75, 3.05) is 119 Å². The van der Waals surface area contributed by atoms with Crippen LogP contribution in [0.1, 0.15) is 130 Å². The molecule has 54 heavy (non-hydrogen) atoms. The maximum Gasteiger partial charge on any atom is 0.407 e. The highest BCUT2D eigenvalue weighted by Gasteiger charge is 2.15. The van der Waals surface area contributed by atoms with E-state index in [1.807, 2.05) is 20.8 Å². The summed E-state index contributed by atoms with van der Waals surface area (Å²) in [5, 5.41) is 2.63. The van der Waals surface area contributed by atoms with E-state index in [1.165, 1.54) is 83.5 Å². The molecular formula is C41H81NO12. The number of hydrogen-bond donors (Lipinski definition) is 1. The number of amides is 1. The topological polar surface area (TPSA) is 138 Å². The summed E-state index contributed by atoms with van der Waals surface area (Å²) in [6, 6.07) is 0. The molecule has 13 heteroatoms. The van der Waals surface area contributed by atoms with Gasteiger partial charge in [0.2, 0.25) is 0 Å². The van der Waals surface area contributed by atoms with Crippen LogP contribution in [-0.2, 0) is 52.2 Å². The fourth-order valence-corrected chi connectivity index (χ4v) is 5.11. The van der Waals surface area contributed by atoms with E-state index < -0.39 is 11.7 Å². The van der Waals surface area contributed by atoms with Crippen molar-refractivity contribution in [3.63, 3.8) is 0 Å². The van der Waals surface area contributed by atoms with E-state index in [2.05, 4.69) is 12.2 Å². The molecule has 0 unspecified atom stereocenters. The molecule has 0 fully saturated rings. The van der Waals surface area contributed by atoms with Crippen LogP contribution in [-0.4, -0.2) is 137 Å². The van der Waals surface area contributed by atoms with Crippen LogP contribution in [0.5, 0.6) is 0 Å². The third-order valence-corrected chi connectivity index (χ3v) is 7.99.